The van der Waals surface area contributed by atoms with Crippen molar-refractivity contribution in [3.05, 3.63) is 112 Å². The molecule has 166 valence electrons. The highest BCUT2D eigenvalue weighted by molar-refractivity contribution is 6.29. The second-order valence-electron chi connectivity index (χ2n) is 7.48. The van der Waals surface area contributed by atoms with Gasteiger partial charge in [-0.15, -0.1) is 0 Å². The van der Waals surface area contributed by atoms with Crippen LogP contribution < -0.4 is 0 Å². The third kappa shape index (κ3) is 4.13. The first-order chi connectivity index (χ1) is 16.0. The monoisotopic (exact) mass is 443 g/mol. The topological polar surface area (TPSA) is 95.7 Å². The SMILES string of the molecule is CCOC(=O)C[C@@]1(c2ccc([N+](=O)[O-])cc2)OC(=O)C(c2ccccc2)=C1c1ccccc1. The lowest BCUT2D eigenvalue weighted by Crippen LogP contribution is -2.32. The second-order valence-corrected chi connectivity index (χ2v) is 7.48. The number of hydrogen-bond acceptors (Lipinski definition) is 6. The standard InChI is InChI=1S/C26H21NO6/c1-2-32-22(28)17-26(20-13-15-21(16-14-20)27(30)31)24(19-11-7-4-8-12-19)23(25(29)33-26)18-9-5-3-6-10-18/h3-16H,2,17H2,1H3/t26-/m0/s1. The molecule has 1 aliphatic rings. The molecular weight excluding hydrogens is 422 g/mol. The van der Waals surface area contributed by atoms with Gasteiger partial charge in [0.1, 0.15) is 0 Å². The van der Waals surface area contributed by atoms with Gasteiger partial charge >= 0.3 is 11.9 Å². The molecule has 7 heteroatoms. The van der Waals surface area contributed by atoms with Gasteiger partial charge in [-0.25, -0.2) is 4.79 Å². The normalized spacial score (nSPS) is 17.5. The Morgan fingerprint density at radius 3 is 2.06 bits per heavy atom. The maximum Gasteiger partial charge on any atom is 0.340 e. The van der Waals surface area contributed by atoms with E-state index in [1.54, 1.807) is 19.1 Å². The zero-order chi connectivity index (χ0) is 23.4. The number of rotatable bonds is 7. The highest BCUT2D eigenvalue weighted by Crippen LogP contribution is 2.52. The predicted molar refractivity (Wildman–Crippen MR) is 122 cm³/mol. The van der Waals surface area contributed by atoms with Gasteiger partial charge in [0, 0.05) is 23.3 Å². The fourth-order valence-corrected chi connectivity index (χ4v) is 4.11. The fraction of sp³-hybridized carbons (Fsp3) is 0.154. The Morgan fingerprint density at radius 1 is 0.939 bits per heavy atom. The number of benzene rings is 3. The molecule has 3 aromatic rings. The molecule has 1 heterocycles. The molecule has 1 atom stereocenters. The average molecular weight is 443 g/mol. The van der Waals surface area contributed by atoms with Gasteiger partial charge in [0.05, 0.1) is 23.5 Å². The van der Waals surface area contributed by atoms with Crippen LogP contribution in [0.3, 0.4) is 0 Å². The number of nitro groups is 1. The van der Waals surface area contributed by atoms with E-state index < -0.39 is 22.5 Å². The van der Waals surface area contributed by atoms with E-state index in [-0.39, 0.29) is 18.7 Å². The van der Waals surface area contributed by atoms with Crippen molar-refractivity contribution in [1.29, 1.82) is 0 Å². The third-order valence-electron chi connectivity index (χ3n) is 5.49. The summed E-state index contributed by atoms with van der Waals surface area (Å²) in [6.07, 6.45) is -0.273. The molecule has 4 rings (SSSR count). The summed E-state index contributed by atoms with van der Waals surface area (Å²) in [5.41, 5.74) is 1.03. The number of ether oxygens (including phenoxy) is 2. The summed E-state index contributed by atoms with van der Waals surface area (Å²) < 4.78 is 11.2. The van der Waals surface area contributed by atoms with Crippen LogP contribution in [0.4, 0.5) is 5.69 Å². The van der Waals surface area contributed by atoms with Crippen molar-refractivity contribution in [2.75, 3.05) is 6.61 Å². The maximum absolute atomic E-state index is 13.3. The van der Waals surface area contributed by atoms with Gasteiger partial charge in [-0.1, -0.05) is 60.7 Å². The van der Waals surface area contributed by atoms with Crippen LogP contribution in [0.1, 0.15) is 30.0 Å². The fourth-order valence-electron chi connectivity index (χ4n) is 4.11. The molecule has 0 bridgehead atoms. The first-order valence-corrected chi connectivity index (χ1v) is 10.5. The number of esters is 2. The van der Waals surface area contributed by atoms with Gasteiger partial charge < -0.3 is 9.47 Å². The summed E-state index contributed by atoms with van der Waals surface area (Å²) in [5.74, 6) is -1.13. The molecule has 0 spiro atoms. The van der Waals surface area contributed by atoms with E-state index in [1.807, 2.05) is 48.5 Å². The highest BCUT2D eigenvalue weighted by Gasteiger charge is 2.51. The largest absolute Gasteiger partial charge is 0.466 e. The molecule has 33 heavy (non-hydrogen) atoms. The Kier molecular flexibility index (Phi) is 6.04. The van der Waals surface area contributed by atoms with Gasteiger partial charge in [-0.2, -0.15) is 0 Å². The molecule has 3 aromatic carbocycles. The molecule has 0 N–H and O–H groups in total. The summed E-state index contributed by atoms with van der Waals surface area (Å²) in [4.78, 5) is 36.7. The van der Waals surface area contributed by atoms with E-state index in [1.165, 1.54) is 24.3 Å². The summed E-state index contributed by atoms with van der Waals surface area (Å²) in [7, 11) is 0. The number of cyclic esters (lactones) is 1. The lowest BCUT2D eigenvalue weighted by atomic mass is 9.78. The molecular formula is C26H21NO6. The summed E-state index contributed by atoms with van der Waals surface area (Å²) >= 11 is 0. The lowest BCUT2D eigenvalue weighted by molar-refractivity contribution is -0.384. The maximum atomic E-state index is 13.3. The average Bonchev–Trinajstić information content (AvgIpc) is 3.12. The van der Waals surface area contributed by atoms with E-state index in [9.17, 15) is 19.7 Å². The highest BCUT2D eigenvalue weighted by atomic mass is 16.6. The van der Waals surface area contributed by atoms with Crippen molar-refractivity contribution in [3.63, 3.8) is 0 Å². The molecule has 0 amide bonds. The van der Waals surface area contributed by atoms with Crippen LogP contribution >= 0.6 is 0 Å². The van der Waals surface area contributed by atoms with Gasteiger partial charge in [-0.05, 0) is 30.2 Å². The van der Waals surface area contributed by atoms with Crippen molar-refractivity contribution in [3.8, 4) is 0 Å². The molecule has 0 aliphatic carbocycles. The third-order valence-corrected chi connectivity index (χ3v) is 5.49. The summed E-state index contributed by atoms with van der Waals surface area (Å²) in [6.45, 7) is 1.86. The molecule has 0 saturated heterocycles. The minimum atomic E-state index is -1.51. The molecule has 0 radical (unpaired) electrons. The number of nitro benzene ring substituents is 1. The first kappa shape index (κ1) is 22.0. The Hall–Kier alpha value is -4.26. The van der Waals surface area contributed by atoms with Crippen LogP contribution in [-0.4, -0.2) is 23.5 Å². The van der Waals surface area contributed by atoms with E-state index in [2.05, 4.69) is 0 Å². The zero-order valence-corrected chi connectivity index (χ0v) is 17.9. The van der Waals surface area contributed by atoms with Gasteiger partial charge in [0.25, 0.3) is 5.69 Å². The van der Waals surface area contributed by atoms with Gasteiger partial charge in [0.2, 0.25) is 0 Å². The van der Waals surface area contributed by atoms with Crippen molar-refractivity contribution in [2.45, 2.75) is 18.9 Å². The Balaban J connectivity index is 2.01. The molecule has 0 saturated carbocycles. The predicted octanol–water partition coefficient (Wildman–Crippen LogP) is 4.91. The second kappa shape index (κ2) is 9.08. The Labute approximate surface area is 190 Å². The van der Waals surface area contributed by atoms with Crippen molar-refractivity contribution >= 4 is 28.8 Å². The number of non-ortho nitro benzene ring substituents is 1. The van der Waals surface area contributed by atoms with Gasteiger partial charge in [0.15, 0.2) is 5.60 Å². The van der Waals surface area contributed by atoms with Crippen LogP contribution in [0, 0.1) is 10.1 Å². The van der Waals surface area contributed by atoms with Crippen LogP contribution in [-0.2, 0) is 24.7 Å². The Bertz CT molecular complexity index is 1220. The minimum absolute atomic E-state index is 0.108. The van der Waals surface area contributed by atoms with Crippen molar-refractivity contribution < 1.29 is 24.0 Å². The van der Waals surface area contributed by atoms with E-state index in [4.69, 9.17) is 9.47 Å². The lowest BCUT2D eigenvalue weighted by Gasteiger charge is -2.31. The van der Waals surface area contributed by atoms with Crippen LogP contribution in [0.15, 0.2) is 84.9 Å². The summed E-state index contributed by atoms with van der Waals surface area (Å²) in [6, 6.07) is 24.0. The van der Waals surface area contributed by atoms with Gasteiger partial charge in [-0.3, -0.25) is 14.9 Å². The first-order valence-electron chi connectivity index (χ1n) is 10.5. The van der Waals surface area contributed by atoms with Crippen molar-refractivity contribution in [2.24, 2.45) is 0 Å². The van der Waals surface area contributed by atoms with Crippen LogP contribution in [0.5, 0.6) is 0 Å². The molecule has 0 unspecified atom stereocenters. The van der Waals surface area contributed by atoms with E-state index in [0.29, 0.717) is 27.8 Å². The summed E-state index contributed by atoms with van der Waals surface area (Å²) in [5, 5.41) is 11.2. The zero-order valence-electron chi connectivity index (χ0n) is 17.9. The number of nitrogens with zero attached hydrogens (tertiary/aromatic N) is 1. The number of carbonyl (C=O) groups is 2. The Morgan fingerprint density at radius 2 is 1.52 bits per heavy atom. The molecule has 1 aliphatic heterocycles. The van der Waals surface area contributed by atoms with E-state index >= 15 is 0 Å². The minimum Gasteiger partial charge on any atom is -0.466 e. The quantitative estimate of drug-likeness (QED) is 0.292. The smallest absolute Gasteiger partial charge is 0.340 e. The van der Waals surface area contributed by atoms with Crippen molar-refractivity contribution in [1.82, 2.24) is 0 Å². The van der Waals surface area contributed by atoms with E-state index in [0.717, 1.165) is 0 Å². The molecule has 7 nitrogen and oxygen atoms in total. The molecule has 0 fully saturated rings. The van der Waals surface area contributed by atoms with Crippen LogP contribution in [0.2, 0.25) is 0 Å². The number of carbonyl (C=O) groups excluding carboxylic acids is 2. The number of hydrogen-bond donors (Lipinski definition) is 0. The molecule has 0 aromatic heterocycles. The van der Waals surface area contributed by atoms with Crippen LogP contribution in [0.25, 0.3) is 11.1 Å².